The van der Waals surface area contributed by atoms with Crippen molar-refractivity contribution in [3.8, 4) is 0 Å². The van der Waals surface area contributed by atoms with Crippen molar-refractivity contribution in [1.29, 1.82) is 0 Å². The van der Waals surface area contributed by atoms with Crippen LogP contribution in [-0.4, -0.2) is 15.2 Å². The van der Waals surface area contributed by atoms with E-state index >= 15 is 0 Å². The average Bonchev–Trinajstić information content (AvgIpc) is 3.25. The zero-order valence-corrected chi connectivity index (χ0v) is 12.5. The van der Waals surface area contributed by atoms with Crippen LogP contribution in [0.1, 0.15) is 39.5 Å². The second-order valence-corrected chi connectivity index (χ2v) is 5.68. The van der Waals surface area contributed by atoms with E-state index < -0.39 is 0 Å². The highest BCUT2D eigenvalue weighted by Crippen LogP contribution is 2.34. The first kappa shape index (κ1) is 14.7. The number of nitrogens with zero attached hydrogens (tertiary/aromatic N) is 2. The fourth-order valence-electron chi connectivity index (χ4n) is 2.39. The second kappa shape index (κ2) is 5.73. The van der Waals surface area contributed by atoms with Gasteiger partial charge in [-0.3, -0.25) is 13.9 Å². The smallest absolute Gasteiger partial charge is 0.332 e. The molecule has 1 atom stereocenters. The summed E-state index contributed by atoms with van der Waals surface area (Å²) in [5, 5.41) is 3.21. The Hall–Kier alpha value is -1.72. The zero-order chi connectivity index (χ0) is 14.9. The summed E-state index contributed by atoms with van der Waals surface area (Å²) in [6.07, 6.45) is 4.20. The summed E-state index contributed by atoms with van der Waals surface area (Å²) in [5.41, 5.74) is 5.73. The predicted octanol–water partition coefficient (Wildman–Crippen LogP) is 1.14. The van der Waals surface area contributed by atoms with Gasteiger partial charge in [-0.15, -0.1) is 0 Å². The van der Waals surface area contributed by atoms with E-state index in [-0.39, 0.29) is 23.1 Å². The molecule has 1 fully saturated rings. The molecule has 0 amide bonds. The summed E-state index contributed by atoms with van der Waals surface area (Å²) in [7, 11) is 1.50. The highest BCUT2D eigenvalue weighted by atomic mass is 16.2. The molecule has 2 rings (SSSR count). The lowest BCUT2D eigenvalue weighted by atomic mass is 10.2. The molecule has 6 heteroatoms. The number of aromatic nitrogens is 2. The van der Waals surface area contributed by atoms with E-state index in [0.717, 1.165) is 17.4 Å². The summed E-state index contributed by atoms with van der Waals surface area (Å²) < 4.78 is 2.63. The highest BCUT2D eigenvalue weighted by molar-refractivity contribution is 5.61. The van der Waals surface area contributed by atoms with Crippen LogP contribution in [0.25, 0.3) is 0 Å². The zero-order valence-electron chi connectivity index (χ0n) is 12.5. The van der Waals surface area contributed by atoms with E-state index in [1.807, 2.05) is 0 Å². The Labute approximate surface area is 118 Å². The van der Waals surface area contributed by atoms with Gasteiger partial charge in [-0.1, -0.05) is 13.3 Å². The predicted molar refractivity (Wildman–Crippen MR) is 81.1 cm³/mol. The Morgan fingerprint density at radius 3 is 2.60 bits per heavy atom. The number of anilines is 2. The minimum Gasteiger partial charge on any atom is -0.383 e. The highest BCUT2D eigenvalue weighted by Gasteiger charge is 2.29. The number of unbranched alkanes of at least 4 members (excludes halogenated alkanes) is 1. The molecular weight excluding hydrogens is 256 g/mol. The first-order valence-electron chi connectivity index (χ1n) is 7.33. The van der Waals surface area contributed by atoms with Gasteiger partial charge in [0, 0.05) is 19.6 Å². The van der Waals surface area contributed by atoms with Crippen LogP contribution in [0.4, 0.5) is 11.5 Å². The Kier molecular flexibility index (Phi) is 4.20. The van der Waals surface area contributed by atoms with Crippen LogP contribution < -0.4 is 22.3 Å². The van der Waals surface area contributed by atoms with Crippen molar-refractivity contribution in [1.82, 2.24) is 9.13 Å². The van der Waals surface area contributed by atoms with Crippen LogP contribution >= 0.6 is 0 Å². The molecule has 0 spiro atoms. The Bertz CT molecular complexity index is 598. The fraction of sp³-hybridized carbons (Fsp3) is 0.714. The Balaban J connectivity index is 2.41. The van der Waals surface area contributed by atoms with E-state index in [1.165, 1.54) is 24.5 Å². The summed E-state index contributed by atoms with van der Waals surface area (Å²) in [5.74, 6) is 0.870. The van der Waals surface area contributed by atoms with Crippen molar-refractivity contribution in [2.75, 3.05) is 11.1 Å². The molecule has 20 heavy (non-hydrogen) atoms. The summed E-state index contributed by atoms with van der Waals surface area (Å²) in [6.45, 7) is 4.65. The third-order valence-electron chi connectivity index (χ3n) is 4.02. The lowest BCUT2D eigenvalue weighted by Gasteiger charge is -2.19. The maximum Gasteiger partial charge on any atom is 0.332 e. The van der Waals surface area contributed by atoms with Crippen molar-refractivity contribution in [3.05, 3.63) is 20.8 Å². The van der Waals surface area contributed by atoms with Crippen molar-refractivity contribution >= 4 is 11.5 Å². The summed E-state index contributed by atoms with van der Waals surface area (Å²) >= 11 is 0. The van der Waals surface area contributed by atoms with Gasteiger partial charge in [-0.05, 0) is 32.1 Å². The van der Waals surface area contributed by atoms with E-state index in [1.54, 1.807) is 0 Å². The summed E-state index contributed by atoms with van der Waals surface area (Å²) in [6, 6.07) is 0.210. The molecule has 1 aliphatic carbocycles. The van der Waals surface area contributed by atoms with Crippen LogP contribution in [0.2, 0.25) is 0 Å². The van der Waals surface area contributed by atoms with Crippen molar-refractivity contribution in [3.63, 3.8) is 0 Å². The third-order valence-corrected chi connectivity index (χ3v) is 4.02. The molecule has 1 saturated carbocycles. The molecule has 1 heterocycles. The fourth-order valence-corrected chi connectivity index (χ4v) is 2.39. The molecule has 1 unspecified atom stereocenters. The van der Waals surface area contributed by atoms with Gasteiger partial charge >= 0.3 is 5.69 Å². The number of nitrogens with two attached hydrogens (primary N) is 1. The van der Waals surface area contributed by atoms with Gasteiger partial charge in [-0.25, -0.2) is 4.79 Å². The van der Waals surface area contributed by atoms with Gasteiger partial charge in [0.2, 0.25) is 0 Å². The number of rotatable bonds is 6. The third kappa shape index (κ3) is 2.73. The molecule has 0 saturated heterocycles. The first-order chi connectivity index (χ1) is 9.47. The Morgan fingerprint density at radius 1 is 1.40 bits per heavy atom. The minimum absolute atomic E-state index is 0.210. The van der Waals surface area contributed by atoms with E-state index in [9.17, 15) is 9.59 Å². The van der Waals surface area contributed by atoms with Crippen LogP contribution in [0.15, 0.2) is 9.59 Å². The number of hydrogen-bond acceptors (Lipinski definition) is 4. The van der Waals surface area contributed by atoms with E-state index in [2.05, 4.69) is 19.2 Å². The standard InChI is InChI=1S/C14H24N4O2/c1-4-5-8-18-12(15)11(13(19)17(3)14(18)20)16-9(2)10-6-7-10/h9-10,16H,4-8,15H2,1-3H3. The number of nitrogen functional groups attached to an aromatic ring is 1. The molecular formula is C14H24N4O2. The lowest BCUT2D eigenvalue weighted by molar-refractivity contribution is 0.573. The first-order valence-corrected chi connectivity index (χ1v) is 7.33. The SMILES string of the molecule is CCCCn1c(N)c(NC(C)C2CC2)c(=O)n(C)c1=O. The van der Waals surface area contributed by atoms with Crippen molar-refractivity contribution in [2.24, 2.45) is 13.0 Å². The molecule has 0 radical (unpaired) electrons. The van der Waals surface area contributed by atoms with Crippen LogP contribution in [-0.2, 0) is 13.6 Å². The molecule has 1 aliphatic rings. The monoisotopic (exact) mass is 280 g/mol. The van der Waals surface area contributed by atoms with Crippen LogP contribution in [0, 0.1) is 5.92 Å². The van der Waals surface area contributed by atoms with Crippen LogP contribution in [0.5, 0.6) is 0 Å². The molecule has 0 bridgehead atoms. The molecule has 1 aromatic heterocycles. The number of nitrogens with one attached hydrogen (secondary N) is 1. The van der Waals surface area contributed by atoms with Gasteiger partial charge in [0.25, 0.3) is 5.56 Å². The maximum atomic E-state index is 12.2. The minimum atomic E-state index is -0.342. The van der Waals surface area contributed by atoms with E-state index in [0.29, 0.717) is 18.2 Å². The number of hydrogen-bond donors (Lipinski definition) is 2. The molecule has 0 aromatic carbocycles. The molecule has 1 aromatic rings. The van der Waals surface area contributed by atoms with Gasteiger partial charge in [0.1, 0.15) is 11.5 Å². The molecule has 3 N–H and O–H groups in total. The second-order valence-electron chi connectivity index (χ2n) is 5.68. The quantitative estimate of drug-likeness (QED) is 0.818. The lowest BCUT2D eigenvalue weighted by Crippen LogP contribution is -2.41. The van der Waals surface area contributed by atoms with Crippen LogP contribution in [0.3, 0.4) is 0 Å². The van der Waals surface area contributed by atoms with Gasteiger partial charge in [-0.2, -0.15) is 0 Å². The normalized spacial score (nSPS) is 16.1. The topological polar surface area (TPSA) is 82.0 Å². The van der Waals surface area contributed by atoms with Gasteiger partial charge in [0.05, 0.1) is 0 Å². The molecule has 6 nitrogen and oxygen atoms in total. The summed E-state index contributed by atoms with van der Waals surface area (Å²) in [4.78, 5) is 24.3. The van der Waals surface area contributed by atoms with Gasteiger partial charge in [0.15, 0.2) is 0 Å². The van der Waals surface area contributed by atoms with E-state index in [4.69, 9.17) is 5.73 Å². The van der Waals surface area contributed by atoms with Crippen molar-refractivity contribution < 1.29 is 0 Å². The molecule has 0 aliphatic heterocycles. The average molecular weight is 280 g/mol. The maximum absolute atomic E-state index is 12.2. The van der Waals surface area contributed by atoms with Gasteiger partial charge < -0.3 is 11.1 Å². The van der Waals surface area contributed by atoms with Crippen molar-refractivity contribution in [2.45, 2.75) is 52.1 Å². The molecule has 112 valence electrons. The Morgan fingerprint density at radius 2 is 2.05 bits per heavy atom. The largest absolute Gasteiger partial charge is 0.383 e.